The minimum absolute atomic E-state index is 0.488. The highest BCUT2D eigenvalue weighted by molar-refractivity contribution is 7.98. The van der Waals surface area contributed by atoms with Gasteiger partial charge in [-0.2, -0.15) is 11.8 Å². The van der Waals surface area contributed by atoms with E-state index in [1.54, 1.807) is 0 Å². The average molecular weight is 307 g/mol. The van der Waals surface area contributed by atoms with Crippen LogP contribution in [0.2, 0.25) is 0 Å². The largest absolute Gasteiger partial charge is 0.307 e. The molecule has 0 saturated carbocycles. The van der Waals surface area contributed by atoms with Gasteiger partial charge in [-0.05, 0) is 42.9 Å². The Hall–Kier alpha value is -0.510. The van der Waals surface area contributed by atoms with Crippen LogP contribution in [-0.4, -0.2) is 42.6 Å². The molecule has 1 aliphatic heterocycles. The topological polar surface area (TPSA) is 15.3 Å². The van der Waals surface area contributed by atoms with Gasteiger partial charge in [-0.15, -0.1) is 0 Å². The van der Waals surface area contributed by atoms with Crippen LogP contribution in [0, 0.1) is 5.92 Å². The maximum absolute atomic E-state index is 3.75. The lowest BCUT2D eigenvalue weighted by molar-refractivity contribution is 0.0970. The van der Waals surface area contributed by atoms with Crippen molar-refractivity contribution in [2.75, 3.05) is 31.6 Å². The standard InChI is InChI=1S/C18H30N2S/c1-15(2)18-13-19-17(16-9-5-4-6-10-16)14-20(18)11-7-8-12-21-3/h4-6,9-10,15,17-19H,7-8,11-14H2,1-3H3. The van der Waals surface area contributed by atoms with Crippen LogP contribution in [0.4, 0.5) is 0 Å². The van der Waals surface area contributed by atoms with E-state index in [-0.39, 0.29) is 0 Å². The summed E-state index contributed by atoms with van der Waals surface area (Å²) in [6.07, 6.45) is 4.87. The third-order valence-corrected chi connectivity index (χ3v) is 5.17. The van der Waals surface area contributed by atoms with Crippen LogP contribution in [0.5, 0.6) is 0 Å². The normalized spacial score (nSPS) is 23.6. The third kappa shape index (κ3) is 5.01. The van der Waals surface area contributed by atoms with Gasteiger partial charge >= 0.3 is 0 Å². The maximum Gasteiger partial charge on any atom is 0.0449 e. The number of unbranched alkanes of at least 4 members (excludes halogenated alkanes) is 1. The summed E-state index contributed by atoms with van der Waals surface area (Å²) in [6, 6.07) is 12.1. The first-order valence-corrected chi connectivity index (χ1v) is 9.63. The molecule has 1 aromatic carbocycles. The first kappa shape index (κ1) is 16.9. The Bertz CT molecular complexity index is 393. The van der Waals surface area contributed by atoms with Gasteiger partial charge in [0.05, 0.1) is 0 Å². The van der Waals surface area contributed by atoms with Gasteiger partial charge in [-0.1, -0.05) is 44.2 Å². The van der Waals surface area contributed by atoms with E-state index in [1.807, 2.05) is 11.8 Å². The quantitative estimate of drug-likeness (QED) is 0.771. The molecule has 1 aromatic rings. The predicted molar refractivity (Wildman–Crippen MR) is 95.0 cm³/mol. The Morgan fingerprint density at radius 3 is 2.67 bits per heavy atom. The minimum Gasteiger partial charge on any atom is -0.307 e. The first-order chi connectivity index (χ1) is 10.2. The van der Waals surface area contributed by atoms with Crippen molar-refractivity contribution >= 4 is 11.8 Å². The zero-order valence-electron chi connectivity index (χ0n) is 13.7. The van der Waals surface area contributed by atoms with E-state index in [2.05, 4.69) is 60.7 Å². The van der Waals surface area contributed by atoms with Gasteiger partial charge in [0.15, 0.2) is 0 Å². The summed E-state index contributed by atoms with van der Waals surface area (Å²) < 4.78 is 0. The molecule has 1 fully saturated rings. The maximum atomic E-state index is 3.75. The molecule has 2 nitrogen and oxygen atoms in total. The van der Waals surface area contributed by atoms with Gasteiger partial charge in [-0.3, -0.25) is 4.90 Å². The van der Waals surface area contributed by atoms with Crippen molar-refractivity contribution in [3.05, 3.63) is 35.9 Å². The fourth-order valence-corrected chi connectivity index (χ4v) is 3.70. The van der Waals surface area contributed by atoms with Gasteiger partial charge in [0.25, 0.3) is 0 Å². The first-order valence-electron chi connectivity index (χ1n) is 8.23. The molecular formula is C18H30N2S. The molecular weight excluding hydrogens is 276 g/mol. The van der Waals surface area contributed by atoms with Crippen LogP contribution in [0.1, 0.15) is 38.3 Å². The van der Waals surface area contributed by atoms with Crippen molar-refractivity contribution in [1.82, 2.24) is 10.2 Å². The van der Waals surface area contributed by atoms with Crippen LogP contribution < -0.4 is 5.32 Å². The summed E-state index contributed by atoms with van der Waals surface area (Å²) in [4.78, 5) is 2.72. The summed E-state index contributed by atoms with van der Waals surface area (Å²) in [5, 5.41) is 3.75. The van der Waals surface area contributed by atoms with Crippen molar-refractivity contribution in [1.29, 1.82) is 0 Å². The second-order valence-corrected chi connectivity index (χ2v) is 7.36. The molecule has 0 aromatic heterocycles. The number of nitrogens with one attached hydrogen (secondary N) is 1. The SMILES string of the molecule is CSCCCCN1CC(c2ccccc2)NCC1C(C)C. The minimum atomic E-state index is 0.488. The Labute approximate surface area is 134 Å². The Morgan fingerprint density at radius 2 is 2.00 bits per heavy atom. The van der Waals surface area contributed by atoms with E-state index < -0.39 is 0 Å². The smallest absolute Gasteiger partial charge is 0.0449 e. The van der Waals surface area contributed by atoms with Crippen molar-refractivity contribution in [3.8, 4) is 0 Å². The molecule has 2 unspecified atom stereocenters. The monoisotopic (exact) mass is 306 g/mol. The molecule has 1 saturated heterocycles. The molecule has 0 amide bonds. The Balaban J connectivity index is 1.95. The van der Waals surface area contributed by atoms with E-state index in [9.17, 15) is 0 Å². The zero-order valence-corrected chi connectivity index (χ0v) is 14.5. The number of hydrogen-bond acceptors (Lipinski definition) is 3. The molecule has 3 heteroatoms. The van der Waals surface area contributed by atoms with Crippen LogP contribution >= 0.6 is 11.8 Å². The second-order valence-electron chi connectivity index (χ2n) is 6.38. The van der Waals surface area contributed by atoms with Crippen molar-refractivity contribution in [3.63, 3.8) is 0 Å². The van der Waals surface area contributed by atoms with Crippen LogP contribution in [0.3, 0.4) is 0 Å². The van der Waals surface area contributed by atoms with E-state index in [0.29, 0.717) is 12.1 Å². The molecule has 1 aliphatic rings. The van der Waals surface area contributed by atoms with E-state index in [0.717, 1.165) is 19.0 Å². The van der Waals surface area contributed by atoms with E-state index >= 15 is 0 Å². The lowest BCUT2D eigenvalue weighted by atomic mass is 9.95. The molecule has 0 bridgehead atoms. The molecule has 2 rings (SSSR count). The van der Waals surface area contributed by atoms with Crippen molar-refractivity contribution in [2.24, 2.45) is 5.92 Å². The summed E-state index contributed by atoms with van der Waals surface area (Å²) >= 11 is 1.96. The molecule has 1 heterocycles. The van der Waals surface area contributed by atoms with E-state index in [4.69, 9.17) is 0 Å². The fraction of sp³-hybridized carbons (Fsp3) is 0.667. The highest BCUT2D eigenvalue weighted by atomic mass is 32.2. The predicted octanol–water partition coefficient (Wildman–Crippen LogP) is 3.80. The molecule has 0 aliphatic carbocycles. The van der Waals surface area contributed by atoms with Crippen LogP contribution in [0.25, 0.3) is 0 Å². The second kappa shape index (κ2) is 8.82. The average Bonchev–Trinajstić information content (AvgIpc) is 2.52. The number of thioether (sulfide) groups is 1. The van der Waals surface area contributed by atoms with Crippen molar-refractivity contribution in [2.45, 2.75) is 38.8 Å². The lowest BCUT2D eigenvalue weighted by Gasteiger charge is -2.42. The summed E-state index contributed by atoms with van der Waals surface area (Å²) in [7, 11) is 0. The number of nitrogens with zero attached hydrogens (tertiary/aromatic N) is 1. The number of hydrogen-bond donors (Lipinski definition) is 1. The molecule has 0 spiro atoms. The molecule has 2 atom stereocenters. The summed E-state index contributed by atoms with van der Waals surface area (Å²) in [6.45, 7) is 8.20. The van der Waals surface area contributed by atoms with Gasteiger partial charge in [0.1, 0.15) is 0 Å². The van der Waals surface area contributed by atoms with Gasteiger partial charge < -0.3 is 5.32 Å². The molecule has 21 heavy (non-hydrogen) atoms. The van der Waals surface area contributed by atoms with Crippen molar-refractivity contribution < 1.29 is 0 Å². The van der Waals surface area contributed by atoms with Gasteiger partial charge in [-0.25, -0.2) is 0 Å². The number of piperazine rings is 1. The van der Waals surface area contributed by atoms with Crippen LogP contribution in [0.15, 0.2) is 30.3 Å². The van der Waals surface area contributed by atoms with Crippen LogP contribution in [-0.2, 0) is 0 Å². The number of rotatable bonds is 7. The van der Waals surface area contributed by atoms with E-state index in [1.165, 1.54) is 30.7 Å². The summed E-state index contributed by atoms with van der Waals surface area (Å²) in [5.41, 5.74) is 1.42. The number of benzene rings is 1. The molecule has 0 radical (unpaired) electrons. The fourth-order valence-electron chi connectivity index (χ4n) is 3.21. The molecule has 118 valence electrons. The lowest BCUT2D eigenvalue weighted by Crippen LogP contribution is -2.54. The zero-order chi connectivity index (χ0) is 15.1. The van der Waals surface area contributed by atoms with Gasteiger partial charge in [0, 0.05) is 25.2 Å². The van der Waals surface area contributed by atoms with Gasteiger partial charge in [0.2, 0.25) is 0 Å². The highest BCUT2D eigenvalue weighted by Crippen LogP contribution is 2.23. The summed E-state index contributed by atoms with van der Waals surface area (Å²) in [5.74, 6) is 2.01. The molecule has 1 N–H and O–H groups in total. The highest BCUT2D eigenvalue weighted by Gasteiger charge is 2.29. The Morgan fingerprint density at radius 1 is 1.24 bits per heavy atom. The third-order valence-electron chi connectivity index (χ3n) is 4.47. The Kier molecular flexibility index (Phi) is 7.08.